The second-order valence-electron chi connectivity index (χ2n) is 14.0. The zero-order valence-corrected chi connectivity index (χ0v) is 27.8. The molecule has 10 rings (SSSR count). The zero-order chi connectivity index (χ0) is 33.0. The van der Waals surface area contributed by atoms with Gasteiger partial charge in [-0.15, -0.1) is 0 Å². The van der Waals surface area contributed by atoms with E-state index in [1.807, 2.05) is 0 Å². The quantitative estimate of drug-likeness (QED) is 0.153. The first-order valence-corrected chi connectivity index (χ1v) is 17.1. The number of pyridine rings is 1. The Bertz CT molecular complexity index is 2930. The number of hydrogen-bond donors (Lipinski definition) is 1. The smallest absolute Gasteiger partial charge is 0.108 e. The molecule has 0 saturated heterocycles. The summed E-state index contributed by atoms with van der Waals surface area (Å²) in [7, 11) is 0. The Hall–Kier alpha value is -6.06. The Labute approximate surface area is 284 Å². The number of aromatic nitrogens is 2. The molecule has 234 valence electrons. The van der Waals surface area contributed by atoms with Crippen molar-refractivity contribution in [1.29, 1.82) is 0 Å². The lowest BCUT2D eigenvalue weighted by Crippen LogP contribution is -2.14. The molecular formula is C46H35N3. The first-order chi connectivity index (χ1) is 23.9. The van der Waals surface area contributed by atoms with Crippen LogP contribution in [0.25, 0.3) is 82.4 Å². The fourth-order valence-electron chi connectivity index (χ4n) is 8.70. The summed E-state index contributed by atoms with van der Waals surface area (Å²) in [6, 6.07) is 48.8. The number of rotatable bonds is 3. The minimum absolute atomic E-state index is 0.0216. The Morgan fingerprint density at radius 1 is 0.551 bits per heavy atom. The molecule has 6 aromatic carbocycles. The minimum atomic E-state index is -0.0216. The molecule has 3 heterocycles. The van der Waals surface area contributed by atoms with Gasteiger partial charge in [0.25, 0.3) is 0 Å². The normalized spacial score (nSPS) is 14.5. The predicted octanol–water partition coefficient (Wildman–Crippen LogP) is 11.7. The summed E-state index contributed by atoms with van der Waals surface area (Å²) in [6.45, 7) is 6.75. The molecule has 9 aromatic rings. The van der Waals surface area contributed by atoms with Crippen LogP contribution in [0.5, 0.6) is 0 Å². The highest BCUT2D eigenvalue weighted by atomic mass is 15.1. The maximum atomic E-state index is 7.16. The average molecular weight is 630 g/mol. The third-order valence-electron chi connectivity index (χ3n) is 11.0. The van der Waals surface area contributed by atoms with Gasteiger partial charge in [0, 0.05) is 32.3 Å². The van der Waals surface area contributed by atoms with E-state index < -0.39 is 0 Å². The highest BCUT2D eigenvalue weighted by molar-refractivity contribution is 6.19. The predicted molar refractivity (Wildman–Crippen MR) is 209 cm³/mol. The van der Waals surface area contributed by atoms with Crippen molar-refractivity contribution in [1.82, 2.24) is 8.97 Å². The molecule has 3 nitrogen and oxygen atoms in total. The van der Waals surface area contributed by atoms with Crippen molar-refractivity contribution in [2.75, 3.05) is 0 Å². The van der Waals surface area contributed by atoms with Gasteiger partial charge in [0.15, 0.2) is 0 Å². The van der Waals surface area contributed by atoms with Crippen LogP contribution < -0.4 is 5.73 Å². The monoisotopic (exact) mass is 629 g/mol. The Morgan fingerprint density at radius 2 is 1.16 bits per heavy atom. The summed E-state index contributed by atoms with van der Waals surface area (Å²) in [5.74, 6) is 0.694. The van der Waals surface area contributed by atoms with E-state index in [4.69, 9.17) is 5.73 Å². The Balaban J connectivity index is 1.19. The third-order valence-corrected chi connectivity index (χ3v) is 11.0. The molecule has 0 radical (unpaired) electrons. The van der Waals surface area contributed by atoms with E-state index in [0.717, 1.165) is 22.2 Å². The van der Waals surface area contributed by atoms with E-state index in [1.165, 1.54) is 71.1 Å². The Morgan fingerprint density at radius 3 is 1.94 bits per heavy atom. The van der Waals surface area contributed by atoms with Crippen LogP contribution in [0.15, 0.2) is 146 Å². The third kappa shape index (κ3) is 3.79. The maximum absolute atomic E-state index is 7.16. The van der Waals surface area contributed by atoms with Gasteiger partial charge in [-0.05, 0) is 88.2 Å². The summed E-state index contributed by atoms with van der Waals surface area (Å²) in [6.07, 6.45) is 4.31. The highest BCUT2D eigenvalue weighted by Gasteiger charge is 2.35. The second kappa shape index (κ2) is 9.98. The number of hydrogen-bond acceptors (Lipinski definition) is 1. The van der Waals surface area contributed by atoms with Crippen molar-refractivity contribution in [3.8, 4) is 11.1 Å². The number of benzene rings is 6. The second-order valence-corrected chi connectivity index (χ2v) is 14.0. The molecule has 49 heavy (non-hydrogen) atoms. The number of nitrogens with zero attached hydrogens (tertiary/aromatic N) is 2. The van der Waals surface area contributed by atoms with E-state index in [0.29, 0.717) is 5.82 Å². The van der Waals surface area contributed by atoms with Crippen LogP contribution in [0, 0.1) is 0 Å². The van der Waals surface area contributed by atoms with Crippen LogP contribution in [0.2, 0.25) is 0 Å². The first-order valence-electron chi connectivity index (χ1n) is 17.1. The van der Waals surface area contributed by atoms with Gasteiger partial charge in [-0.2, -0.15) is 0 Å². The lowest BCUT2D eigenvalue weighted by Gasteiger charge is -2.21. The molecule has 3 aromatic heterocycles. The standard InChI is InChI=1S/C46H35N3/c1-4-28(29-21-22-39-36(23-29)32-14-7-10-18-38(32)46(39,2)3)26-45(47)49-41-20-12-9-17-35(41)37-27-42-30(25-44(37)49)24-43-34-16-6-5-13-31(34)33-15-8-11-19-40(33)48(42)43/h4-27H,47H2,1-3H3/b28-4+,45-26+. The molecule has 0 amide bonds. The Kier molecular flexibility index (Phi) is 5.70. The summed E-state index contributed by atoms with van der Waals surface area (Å²) in [4.78, 5) is 0. The summed E-state index contributed by atoms with van der Waals surface area (Å²) >= 11 is 0. The van der Waals surface area contributed by atoms with Crippen LogP contribution >= 0.6 is 0 Å². The van der Waals surface area contributed by atoms with E-state index in [1.54, 1.807) is 0 Å². The molecule has 0 aliphatic heterocycles. The van der Waals surface area contributed by atoms with Crippen molar-refractivity contribution in [2.24, 2.45) is 5.73 Å². The van der Waals surface area contributed by atoms with Crippen molar-refractivity contribution in [3.63, 3.8) is 0 Å². The number of para-hydroxylation sites is 2. The summed E-state index contributed by atoms with van der Waals surface area (Å²) in [5, 5.41) is 7.36. The number of fused-ring (bicyclic) bond motifs is 14. The van der Waals surface area contributed by atoms with Crippen LogP contribution in [0.3, 0.4) is 0 Å². The van der Waals surface area contributed by atoms with Gasteiger partial charge in [0.1, 0.15) is 5.82 Å². The zero-order valence-electron chi connectivity index (χ0n) is 27.8. The molecule has 1 aliphatic carbocycles. The van der Waals surface area contributed by atoms with Crippen LogP contribution in [-0.2, 0) is 5.41 Å². The van der Waals surface area contributed by atoms with E-state index in [-0.39, 0.29) is 5.41 Å². The lowest BCUT2D eigenvalue weighted by molar-refractivity contribution is 0.660. The molecule has 0 unspecified atom stereocenters. The van der Waals surface area contributed by atoms with Gasteiger partial charge in [0.05, 0.1) is 27.6 Å². The molecule has 2 N–H and O–H groups in total. The lowest BCUT2D eigenvalue weighted by atomic mass is 9.82. The van der Waals surface area contributed by atoms with Crippen LogP contribution in [0.4, 0.5) is 0 Å². The van der Waals surface area contributed by atoms with Gasteiger partial charge in [-0.3, -0.25) is 4.57 Å². The van der Waals surface area contributed by atoms with Gasteiger partial charge in [-0.1, -0.05) is 117 Å². The van der Waals surface area contributed by atoms with Crippen LogP contribution in [0.1, 0.15) is 37.5 Å². The van der Waals surface area contributed by atoms with Crippen molar-refractivity contribution < 1.29 is 0 Å². The SMILES string of the molecule is C/C=C(\C=C(/N)n1c2ccccc2c2cc3c(cc21)cc1c2ccccc2c2ccccc2n31)c1ccc2c(c1)-c1ccccc1C2(C)C. The van der Waals surface area contributed by atoms with Gasteiger partial charge < -0.3 is 10.1 Å². The fraction of sp³-hybridized carbons (Fsp3) is 0.0870. The van der Waals surface area contributed by atoms with Crippen LogP contribution in [-0.4, -0.2) is 8.97 Å². The van der Waals surface area contributed by atoms with Crippen molar-refractivity contribution in [3.05, 3.63) is 162 Å². The van der Waals surface area contributed by atoms with Gasteiger partial charge >= 0.3 is 0 Å². The first kappa shape index (κ1) is 28.0. The van der Waals surface area contributed by atoms with E-state index in [9.17, 15) is 0 Å². The van der Waals surface area contributed by atoms with Gasteiger partial charge in [0.2, 0.25) is 0 Å². The molecule has 0 saturated carbocycles. The van der Waals surface area contributed by atoms with E-state index >= 15 is 0 Å². The molecule has 0 spiro atoms. The fourth-order valence-corrected chi connectivity index (χ4v) is 8.70. The highest BCUT2D eigenvalue weighted by Crippen LogP contribution is 2.49. The minimum Gasteiger partial charge on any atom is -0.385 e. The largest absolute Gasteiger partial charge is 0.385 e. The maximum Gasteiger partial charge on any atom is 0.108 e. The molecule has 3 heteroatoms. The molecule has 0 fully saturated rings. The summed E-state index contributed by atoms with van der Waals surface area (Å²) < 4.78 is 4.67. The summed E-state index contributed by atoms with van der Waals surface area (Å²) in [5.41, 5.74) is 20.6. The van der Waals surface area contributed by atoms with Gasteiger partial charge in [-0.25, -0.2) is 0 Å². The topological polar surface area (TPSA) is 35.4 Å². The average Bonchev–Trinajstić information content (AvgIpc) is 3.75. The molecular weight excluding hydrogens is 595 g/mol. The van der Waals surface area contributed by atoms with Crippen molar-refractivity contribution >= 4 is 71.3 Å². The number of nitrogens with two attached hydrogens (primary N) is 1. The van der Waals surface area contributed by atoms with E-state index in [2.05, 4.69) is 175 Å². The van der Waals surface area contributed by atoms with Crippen molar-refractivity contribution in [2.45, 2.75) is 26.2 Å². The molecule has 0 atom stereocenters. The molecule has 0 bridgehead atoms. The number of allylic oxidation sites excluding steroid dienone is 3. The molecule has 1 aliphatic rings.